The predicted octanol–water partition coefficient (Wildman–Crippen LogP) is 5.32. The van der Waals surface area contributed by atoms with Crippen molar-refractivity contribution in [2.24, 2.45) is 0 Å². The number of non-ortho nitro benzene ring substituents is 1. The van der Waals surface area contributed by atoms with Crippen LogP contribution >= 0.6 is 0 Å². The van der Waals surface area contributed by atoms with Crippen molar-refractivity contribution in [1.29, 1.82) is 0 Å². The van der Waals surface area contributed by atoms with E-state index in [-0.39, 0.29) is 24.0 Å². The van der Waals surface area contributed by atoms with E-state index < -0.39 is 10.8 Å². The van der Waals surface area contributed by atoms with E-state index in [1.54, 1.807) is 31.4 Å². The van der Waals surface area contributed by atoms with E-state index in [0.717, 1.165) is 22.6 Å². The van der Waals surface area contributed by atoms with E-state index in [1.807, 2.05) is 67.6 Å². The van der Waals surface area contributed by atoms with Gasteiger partial charge in [0, 0.05) is 43.0 Å². The first-order valence-electron chi connectivity index (χ1n) is 13.2. The van der Waals surface area contributed by atoms with Crippen LogP contribution in [0, 0.1) is 17.0 Å². The number of carbonyl (C=O) groups excluding carboxylic acids is 2. The normalized spacial score (nSPS) is 11.3. The maximum Gasteiger partial charge on any atom is 0.270 e. The number of hydrogen-bond donors (Lipinski definition) is 3. The molecule has 3 N–H and O–H groups in total. The van der Waals surface area contributed by atoms with Crippen LogP contribution in [-0.2, 0) is 4.79 Å². The number of nitro groups is 1. The summed E-state index contributed by atoms with van der Waals surface area (Å²) in [7, 11) is 1.61. The molecular weight excluding hydrogens is 520 g/mol. The van der Waals surface area contributed by atoms with Crippen molar-refractivity contribution in [3.63, 3.8) is 0 Å². The molecule has 1 unspecified atom stereocenters. The Bertz CT molecular complexity index is 1500. The molecule has 0 heterocycles. The number of nitrogens with one attached hydrogen (secondary N) is 3. The van der Waals surface area contributed by atoms with Crippen LogP contribution in [0.1, 0.15) is 27.4 Å². The fourth-order valence-electron chi connectivity index (χ4n) is 4.38. The van der Waals surface area contributed by atoms with Gasteiger partial charge < -0.3 is 20.7 Å². The summed E-state index contributed by atoms with van der Waals surface area (Å²) in [5, 5.41) is 20.3. The molecule has 9 heteroatoms. The van der Waals surface area contributed by atoms with Crippen molar-refractivity contribution >= 4 is 23.2 Å². The molecule has 4 rings (SSSR count). The predicted molar refractivity (Wildman–Crippen MR) is 159 cm³/mol. The van der Waals surface area contributed by atoms with Gasteiger partial charge in [0.1, 0.15) is 5.75 Å². The van der Waals surface area contributed by atoms with Gasteiger partial charge in [-0.1, -0.05) is 54.1 Å². The lowest BCUT2D eigenvalue weighted by Gasteiger charge is -2.19. The standard InChI is InChI=1S/C32H32N4O5/c1-22-5-3-7-26(19-22)31(37)35-21-30(32(38)34-18-17-33-27-13-15-29(41-2)16-14-27)24-11-9-23(10-12-24)25-6-4-8-28(20-25)36(39)40/h3-16,19-20,30,33H,17-18,21H2,1-2H3,(H,34,38)(H,35,37). The largest absolute Gasteiger partial charge is 0.497 e. The Hall–Kier alpha value is -5.18. The van der Waals surface area contributed by atoms with Crippen LogP contribution in [0.4, 0.5) is 11.4 Å². The fraction of sp³-hybridized carbons (Fsp3) is 0.188. The number of nitro benzene ring substituents is 1. The van der Waals surface area contributed by atoms with E-state index in [4.69, 9.17) is 4.74 Å². The minimum atomic E-state index is -0.649. The first-order valence-corrected chi connectivity index (χ1v) is 13.2. The van der Waals surface area contributed by atoms with Gasteiger partial charge in [0.2, 0.25) is 5.91 Å². The van der Waals surface area contributed by atoms with Crippen LogP contribution in [-0.4, -0.2) is 43.5 Å². The molecular formula is C32H32N4O5. The highest BCUT2D eigenvalue weighted by Gasteiger charge is 2.22. The molecule has 0 aliphatic rings. The number of ether oxygens (including phenoxy) is 1. The second-order valence-corrected chi connectivity index (χ2v) is 9.51. The zero-order valence-electron chi connectivity index (χ0n) is 22.9. The number of nitrogens with zero attached hydrogens (tertiary/aromatic N) is 1. The topological polar surface area (TPSA) is 123 Å². The maximum absolute atomic E-state index is 13.3. The Morgan fingerprint density at radius 2 is 1.59 bits per heavy atom. The molecule has 4 aromatic carbocycles. The molecule has 41 heavy (non-hydrogen) atoms. The summed E-state index contributed by atoms with van der Waals surface area (Å²) in [6.07, 6.45) is 0. The molecule has 0 radical (unpaired) electrons. The Balaban J connectivity index is 1.45. The third-order valence-electron chi connectivity index (χ3n) is 6.61. The first-order chi connectivity index (χ1) is 19.8. The molecule has 0 bridgehead atoms. The summed E-state index contributed by atoms with van der Waals surface area (Å²) < 4.78 is 5.17. The summed E-state index contributed by atoms with van der Waals surface area (Å²) in [6, 6.07) is 28.4. The highest BCUT2D eigenvalue weighted by Crippen LogP contribution is 2.26. The molecule has 0 spiro atoms. The number of hydrogen-bond acceptors (Lipinski definition) is 6. The van der Waals surface area contributed by atoms with Crippen molar-refractivity contribution < 1.29 is 19.2 Å². The molecule has 210 valence electrons. The van der Waals surface area contributed by atoms with Crippen LogP contribution in [0.3, 0.4) is 0 Å². The number of methoxy groups -OCH3 is 1. The molecule has 0 aliphatic heterocycles. The van der Waals surface area contributed by atoms with E-state index in [2.05, 4.69) is 16.0 Å². The number of aryl methyl sites for hydroxylation is 1. The van der Waals surface area contributed by atoms with Crippen molar-refractivity contribution in [2.75, 3.05) is 32.1 Å². The molecule has 0 aromatic heterocycles. The quantitative estimate of drug-likeness (QED) is 0.124. The molecule has 9 nitrogen and oxygen atoms in total. The lowest BCUT2D eigenvalue weighted by atomic mass is 9.95. The summed E-state index contributed by atoms with van der Waals surface area (Å²) in [4.78, 5) is 36.9. The number of carbonyl (C=O) groups is 2. The van der Waals surface area contributed by atoms with Crippen molar-refractivity contribution in [2.45, 2.75) is 12.8 Å². The summed E-state index contributed by atoms with van der Waals surface area (Å²) in [5.74, 6) is -0.380. The molecule has 0 saturated carbocycles. The molecule has 0 saturated heterocycles. The number of amides is 2. The SMILES string of the molecule is COc1ccc(NCCNC(=O)C(CNC(=O)c2cccc(C)c2)c2ccc(-c3cccc([N+](=O)[O-])c3)cc2)cc1. The van der Waals surface area contributed by atoms with Gasteiger partial charge in [-0.05, 0) is 60.0 Å². The summed E-state index contributed by atoms with van der Waals surface area (Å²) in [5.41, 5.74) is 4.59. The third-order valence-corrected chi connectivity index (χ3v) is 6.61. The number of rotatable bonds is 12. The minimum Gasteiger partial charge on any atom is -0.497 e. The molecule has 1 atom stereocenters. The van der Waals surface area contributed by atoms with Gasteiger partial charge in [-0.25, -0.2) is 0 Å². The van der Waals surface area contributed by atoms with Gasteiger partial charge in [-0.15, -0.1) is 0 Å². The third kappa shape index (κ3) is 7.92. The Labute approximate surface area is 238 Å². The van der Waals surface area contributed by atoms with Crippen molar-refractivity contribution in [3.8, 4) is 16.9 Å². The highest BCUT2D eigenvalue weighted by atomic mass is 16.6. The lowest BCUT2D eigenvalue weighted by Crippen LogP contribution is -2.39. The number of benzene rings is 4. The molecule has 0 aliphatic carbocycles. The maximum atomic E-state index is 13.3. The zero-order chi connectivity index (χ0) is 29.2. The highest BCUT2D eigenvalue weighted by molar-refractivity contribution is 5.95. The van der Waals surface area contributed by atoms with E-state index >= 15 is 0 Å². The first kappa shape index (κ1) is 28.8. The summed E-state index contributed by atoms with van der Waals surface area (Å²) in [6.45, 7) is 2.89. The summed E-state index contributed by atoms with van der Waals surface area (Å²) >= 11 is 0. The van der Waals surface area contributed by atoms with Crippen molar-refractivity contribution in [1.82, 2.24) is 10.6 Å². The van der Waals surface area contributed by atoms with Crippen LogP contribution < -0.4 is 20.7 Å². The van der Waals surface area contributed by atoms with Gasteiger partial charge in [0.15, 0.2) is 0 Å². The van der Waals surface area contributed by atoms with Crippen molar-refractivity contribution in [3.05, 3.63) is 124 Å². The van der Waals surface area contributed by atoms with Gasteiger partial charge in [0.05, 0.1) is 18.0 Å². The number of anilines is 1. The van der Waals surface area contributed by atoms with Crippen LogP contribution in [0.5, 0.6) is 5.75 Å². The van der Waals surface area contributed by atoms with Gasteiger partial charge in [-0.2, -0.15) is 0 Å². The Morgan fingerprint density at radius 1 is 0.854 bits per heavy atom. The van der Waals surface area contributed by atoms with E-state index in [0.29, 0.717) is 29.8 Å². The second kappa shape index (κ2) is 13.7. The average molecular weight is 553 g/mol. The molecule has 0 fully saturated rings. The monoisotopic (exact) mass is 552 g/mol. The zero-order valence-corrected chi connectivity index (χ0v) is 22.9. The van der Waals surface area contributed by atoms with E-state index in [9.17, 15) is 19.7 Å². The lowest BCUT2D eigenvalue weighted by molar-refractivity contribution is -0.384. The van der Waals surface area contributed by atoms with E-state index in [1.165, 1.54) is 12.1 Å². The second-order valence-electron chi connectivity index (χ2n) is 9.51. The van der Waals surface area contributed by atoms with Gasteiger partial charge in [-0.3, -0.25) is 19.7 Å². The molecule has 4 aromatic rings. The Kier molecular flexibility index (Phi) is 9.66. The van der Waals surface area contributed by atoms with Gasteiger partial charge in [0.25, 0.3) is 11.6 Å². The van der Waals surface area contributed by atoms with Crippen LogP contribution in [0.25, 0.3) is 11.1 Å². The van der Waals surface area contributed by atoms with Crippen LogP contribution in [0.2, 0.25) is 0 Å². The van der Waals surface area contributed by atoms with Crippen LogP contribution in [0.15, 0.2) is 97.1 Å². The smallest absolute Gasteiger partial charge is 0.270 e. The Morgan fingerprint density at radius 3 is 2.27 bits per heavy atom. The minimum absolute atomic E-state index is 0.00550. The average Bonchev–Trinajstić information content (AvgIpc) is 3.00. The molecule has 2 amide bonds. The van der Waals surface area contributed by atoms with Gasteiger partial charge >= 0.3 is 0 Å². The fourth-order valence-corrected chi connectivity index (χ4v) is 4.38.